The molecule has 0 spiro atoms. The van der Waals surface area contributed by atoms with Gasteiger partial charge in [-0.2, -0.15) is 4.57 Å². The molecular weight excluding hydrogens is 340 g/mol. The van der Waals surface area contributed by atoms with E-state index in [-0.39, 0.29) is 0 Å². The van der Waals surface area contributed by atoms with Crippen molar-refractivity contribution in [3.05, 3.63) is 108 Å². The Kier molecular flexibility index (Phi) is 5.29. The summed E-state index contributed by atoms with van der Waals surface area (Å²) in [4.78, 5) is 0. The smallest absolute Gasteiger partial charge is 0.201 e. The second-order valence-corrected chi connectivity index (χ2v) is 7.20. The zero-order chi connectivity index (χ0) is 19.3. The lowest BCUT2D eigenvalue weighted by Gasteiger charge is -2.09. The SMILES string of the molecule is Cc1ccccc1-c1cccc[n+]1CCc1ccccc1-c1cccc[n+]1C. The molecule has 0 saturated heterocycles. The minimum absolute atomic E-state index is 0.943. The van der Waals surface area contributed by atoms with Gasteiger partial charge in [-0.3, -0.25) is 0 Å². The van der Waals surface area contributed by atoms with Gasteiger partial charge >= 0.3 is 0 Å². The molecule has 0 saturated carbocycles. The van der Waals surface area contributed by atoms with Crippen LogP contribution in [0, 0.1) is 6.92 Å². The molecule has 4 aromatic rings. The zero-order valence-corrected chi connectivity index (χ0v) is 16.5. The van der Waals surface area contributed by atoms with E-state index in [0.29, 0.717) is 0 Å². The molecule has 0 aliphatic heterocycles. The fourth-order valence-corrected chi connectivity index (χ4v) is 3.81. The van der Waals surface area contributed by atoms with Crippen LogP contribution in [-0.2, 0) is 20.0 Å². The van der Waals surface area contributed by atoms with Crippen LogP contribution in [0.2, 0.25) is 0 Å². The minimum atomic E-state index is 0.943. The highest BCUT2D eigenvalue weighted by Gasteiger charge is 2.17. The molecule has 2 nitrogen and oxygen atoms in total. The topological polar surface area (TPSA) is 7.76 Å². The summed E-state index contributed by atoms with van der Waals surface area (Å²) in [5.74, 6) is 0. The van der Waals surface area contributed by atoms with E-state index >= 15 is 0 Å². The Morgan fingerprint density at radius 1 is 0.643 bits per heavy atom. The maximum atomic E-state index is 2.37. The third-order valence-corrected chi connectivity index (χ3v) is 5.33. The summed E-state index contributed by atoms with van der Waals surface area (Å²) < 4.78 is 4.55. The van der Waals surface area contributed by atoms with Crippen molar-refractivity contribution in [3.8, 4) is 22.5 Å². The van der Waals surface area contributed by atoms with E-state index in [2.05, 4.69) is 120 Å². The molecule has 2 heteroatoms. The standard InChI is InChI=1S/C26H26N2/c1-21-11-3-5-13-23(21)26-16-8-10-19-28(26)20-17-22-12-4-6-14-24(22)25-15-7-9-18-27(25)2/h3-16,18-19H,17,20H2,1-2H3/q+2. The molecular formula is C26H26N2+2. The molecule has 0 aliphatic carbocycles. The van der Waals surface area contributed by atoms with Crippen LogP contribution in [0.3, 0.4) is 0 Å². The Bertz CT molecular complexity index is 1010. The van der Waals surface area contributed by atoms with Crippen molar-refractivity contribution in [2.24, 2.45) is 7.05 Å². The maximum absolute atomic E-state index is 2.37. The monoisotopic (exact) mass is 366 g/mol. The molecule has 0 fully saturated rings. The number of aromatic nitrogens is 2. The van der Waals surface area contributed by atoms with Crippen LogP contribution in [0.4, 0.5) is 0 Å². The maximum Gasteiger partial charge on any atom is 0.212 e. The largest absolute Gasteiger partial charge is 0.212 e. The summed E-state index contributed by atoms with van der Waals surface area (Å²) in [6, 6.07) is 30.2. The van der Waals surface area contributed by atoms with Crippen LogP contribution in [0.25, 0.3) is 22.5 Å². The first-order chi connectivity index (χ1) is 13.7. The second kappa shape index (κ2) is 8.18. The van der Waals surface area contributed by atoms with Crippen LogP contribution < -0.4 is 9.13 Å². The Morgan fingerprint density at radius 3 is 2.07 bits per heavy atom. The van der Waals surface area contributed by atoms with Crippen LogP contribution in [0.1, 0.15) is 11.1 Å². The average molecular weight is 367 g/mol. The number of aryl methyl sites for hydroxylation is 4. The first-order valence-corrected chi connectivity index (χ1v) is 9.81. The van der Waals surface area contributed by atoms with Gasteiger partial charge in [-0.15, -0.1) is 0 Å². The van der Waals surface area contributed by atoms with Gasteiger partial charge in [-0.1, -0.05) is 36.4 Å². The molecule has 2 aromatic heterocycles. The summed E-state index contributed by atoms with van der Waals surface area (Å²) in [6.07, 6.45) is 5.28. The van der Waals surface area contributed by atoms with E-state index in [1.807, 2.05) is 0 Å². The molecule has 2 aromatic carbocycles. The molecule has 0 unspecified atom stereocenters. The number of pyridine rings is 2. The van der Waals surface area contributed by atoms with Crippen LogP contribution in [0.15, 0.2) is 97.3 Å². The van der Waals surface area contributed by atoms with Gasteiger partial charge in [0.1, 0.15) is 7.05 Å². The zero-order valence-electron chi connectivity index (χ0n) is 16.5. The van der Waals surface area contributed by atoms with Crippen molar-refractivity contribution in [3.63, 3.8) is 0 Å². The van der Waals surface area contributed by atoms with Gasteiger partial charge in [-0.25, -0.2) is 4.57 Å². The molecule has 0 N–H and O–H groups in total. The van der Waals surface area contributed by atoms with Crippen molar-refractivity contribution in [2.75, 3.05) is 0 Å². The number of nitrogens with zero attached hydrogens (tertiary/aromatic N) is 2. The average Bonchev–Trinajstić information content (AvgIpc) is 2.74. The van der Waals surface area contributed by atoms with Gasteiger partial charge in [-0.05, 0) is 42.3 Å². The molecule has 4 rings (SSSR count). The van der Waals surface area contributed by atoms with Crippen molar-refractivity contribution >= 4 is 0 Å². The predicted octanol–water partition coefficient (Wildman–Crippen LogP) is 4.68. The third kappa shape index (κ3) is 3.72. The summed E-state index contributed by atoms with van der Waals surface area (Å²) in [6.45, 7) is 3.12. The Labute approximate surface area is 167 Å². The van der Waals surface area contributed by atoms with Gasteiger partial charge in [0.2, 0.25) is 11.4 Å². The highest BCUT2D eigenvalue weighted by molar-refractivity contribution is 5.61. The van der Waals surface area contributed by atoms with E-state index in [9.17, 15) is 0 Å². The van der Waals surface area contributed by atoms with Gasteiger partial charge in [0.15, 0.2) is 18.9 Å². The van der Waals surface area contributed by atoms with E-state index in [1.165, 1.54) is 33.6 Å². The Hall–Kier alpha value is -3.26. The normalized spacial score (nSPS) is 10.8. The summed E-state index contributed by atoms with van der Waals surface area (Å²) in [5.41, 5.74) is 7.79. The van der Waals surface area contributed by atoms with E-state index in [0.717, 1.165) is 13.0 Å². The first kappa shape index (κ1) is 18.1. The van der Waals surface area contributed by atoms with E-state index < -0.39 is 0 Å². The highest BCUT2D eigenvalue weighted by Crippen LogP contribution is 2.22. The van der Waals surface area contributed by atoms with Crippen molar-refractivity contribution < 1.29 is 9.13 Å². The molecule has 0 amide bonds. The number of benzene rings is 2. The summed E-state index contributed by atoms with van der Waals surface area (Å²) >= 11 is 0. The number of rotatable bonds is 5. The highest BCUT2D eigenvalue weighted by atomic mass is 15.0. The first-order valence-electron chi connectivity index (χ1n) is 9.81. The van der Waals surface area contributed by atoms with Crippen LogP contribution in [0.5, 0.6) is 0 Å². The number of hydrogen-bond acceptors (Lipinski definition) is 0. The van der Waals surface area contributed by atoms with Gasteiger partial charge in [0, 0.05) is 41.8 Å². The van der Waals surface area contributed by atoms with Crippen LogP contribution in [-0.4, -0.2) is 0 Å². The molecule has 138 valence electrons. The van der Waals surface area contributed by atoms with Gasteiger partial charge < -0.3 is 0 Å². The lowest BCUT2D eigenvalue weighted by Crippen LogP contribution is -2.37. The quantitative estimate of drug-likeness (QED) is 0.453. The third-order valence-electron chi connectivity index (χ3n) is 5.33. The molecule has 2 heterocycles. The summed E-state index contributed by atoms with van der Waals surface area (Å²) in [7, 11) is 2.11. The Balaban J connectivity index is 1.66. The molecule has 0 aliphatic rings. The molecule has 0 bridgehead atoms. The molecule has 0 radical (unpaired) electrons. The lowest BCUT2D eigenvalue weighted by molar-refractivity contribution is -0.685. The fourth-order valence-electron chi connectivity index (χ4n) is 3.81. The van der Waals surface area contributed by atoms with Crippen molar-refractivity contribution in [1.82, 2.24) is 0 Å². The van der Waals surface area contributed by atoms with Crippen LogP contribution >= 0.6 is 0 Å². The van der Waals surface area contributed by atoms with E-state index in [1.54, 1.807) is 0 Å². The lowest BCUT2D eigenvalue weighted by atomic mass is 10.0. The Morgan fingerprint density at radius 2 is 1.29 bits per heavy atom. The fraction of sp³-hybridized carbons (Fsp3) is 0.154. The second-order valence-electron chi connectivity index (χ2n) is 7.20. The van der Waals surface area contributed by atoms with Crippen molar-refractivity contribution in [1.29, 1.82) is 0 Å². The number of hydrogen-bond donors (Lipinski definition) is 0. The van der Waals surface area contributed by atoms with E-state index in [4.69, 9.17) is 0 Å². The predicted molar refractivity (Wildman–Crippen MR) is 114 cm³/mol. The van der Waals surface area contributed by atoms with Crippen molar-refractivity contribution in [2.45, 2.75) is 19.9 Å². The minimum Gasteiger partial charge on any atom is -0.201 e. The molecule has 0 atom stereocenters. The molecule has 28 heavy (non-hydrogen) atoms. The van der Waals surface area contributed by atoms with Gasteiger partial charge in [0.05, 0.1) is 0 Å². The summed E-state index contributed by atoms with van der Waals surface area (Å²) in [5, 5.41) is 0. The van der Waals surface area contributed by atoms with Gasteiger partial charge in [0.25, 0.3) is 0 Å².